The molecule has 0 saturated heterocycles. The van der Waals surface area contributed by atoms with Crippen LogP contribution in [0, 0.1) is 0 Å². The topological polar surface area (TPSA) is 20.3 Å². The van der Waals surface area contributed by atoms with Crippen LogP contribution in [0.4, 0.5) is 5.69 Å². The summed E-state index contributed by atoms with van der Waals surface area (Å²) in [5.41, 5.74) is 2.97. The monoisotopic (exact) mass is 355 g/mol. The SMILES string of the molecule is O=C1c2ccccc2N(Cc2ccc(Br)cc2)C12CCCC2. The zero-order valence-electron chi connectivity index (χ0n) is 12.4. The van der Waals surface area contributed by atoms with Gasteiger partial charge in [0.05, 0.1) is 0 Å². The van der Waals surface area contributed by atoms with Gasteiger partial charge in [-0.3, -0.25) is 4.79 Å². The summed E-state index contributed by atoms with van der Waals surface area (Å²) < 4.78 is 1.09. The summed E-state index contributed by atoms with van der Waals surface area (Å²) in [6.07, 6.45) is 4.27. The van der Waals surface area contributed by atoms with Crippen LogP contribution in [-0.2, 0) is 6.54 Å². The Labute approximate surface area is 139 Å². The second-order valence-electron chi connectivity index (χ2n) is 6.30. The minimum atomic E-state index is -0.295. The lowest BCUT2D eigenvalue weighted by Gasteiger charge is -2.36. The van der Waals surface area contributed by atoms with Crippen molar-refractivity contribution in [2.24, 2.45) is 0 Å². The summed E-state index contributed by atoms with van der Waals surface area (Å²) in [5.74, 6) is 0.331. The average molecular weight is 356 g/mol. The third-order valence-corrected chi connectivity index (χ3v) is 5.59. The van der Waals surface area contributed by atoms with Gasteiger partial charge < -0.3 is 4.90 Å². The largest absolute Gasteiger partial charge is 0.353 e. The zero-order valence-corrected chi connectivity index (χ0v) is 14.0. The number of benzene rings is 2. The molecule has 2 aromatic carbocycles. The van der Waals surface area contributed by atoms with Gasteiger partial charge in [0.1, 0.15) is 5.54 Å². The van der Waals surface area contributed by atoms with Crippen LogP contribution in [0.25, 0.3) is 0 Å². The summed E-state index contributed by atoms with van der Waals surface area (Å²) in [5, 5.41) is 0. The van der Waals surface area contributed by atoms with E-state index < -0.39 is 0 Å². The third kappa shape index (κ3) is 2.03. The fourth-order valence-electron chi connectivity index (χ4n) is 3.97. The van der Waals surface area contributed by atoms with E-state index in [2.05, 4.69) is 51.2 Å². The molecule has 112 valence electrons. The van der Waals surface area contributed by atoms with Gasteiger partial charge in [0.15, 0.2) is 5.78 Å². The first-order valence-corrected chi connectivity index (χ1v) is 8.66. The van der Waals surface area contributed by atoms with Crippen LogP contribution in [0.5, 0.6) is 0 Å². The van der Waals surface area contributed by atoms with E-state index in [9.17, 15) is 4.79 Å². The fourth-order valence-corrected chi connectivity index (χ4v) is 4.23. The molecule has 1 heterocycles. The molecule has 1 aliphatic heterocycles. The van der Waals surface area contributed by atoms with E-state index in [0.717, 1.165) is 48.0 Å². The minimum absolute atomic E-state index is 0.295. The molecule has 1 fully saturated rings. The van der Waals surface area contributed by atoms with Crippen LogP contribution in [0.2, 0.25) is 0 Å². The highest BCUT2D eigenvalue weighted by Crippen LogP contribution is 2.48. The molecule has 1 aliphatic carbocycles. The number of hydrogen-bond donors (Lipinski definition) is 0. The van der Waals surface area contributed by atoms with Crippen molar-refractivity contribution >= 4 is 27.4 Å². The van der Waals surface area contributed by atoms with E-state index in [1.807, 2.05) is 18.2 Å². The first kappa shape index (κ1) is 14.0. The quantitative estimate of drug-likeness (QED) is 0.758. The Hall–Kier alpha value is -1.61. The smallest absolute Gasteiger partial charge is 0.190 e. The maximum Gasteiger partial charge on any atom is 0.190 e. The molecule has 22 heavy (non-hydrogen) atoms. The number of anilines is 1. The number of para-hydroxylation sites is 1. The van der Waals surface area contributed by atoms with E-state index in [-0.39, 0.29) is 5.54 Å². The summed E-state index contributed by atoms with van der Waals surface area (Å²) in [4.78, 5) is 15.4. The highest BCUT2D eigenvalue weighted by molar-refractivity contribution is 9.10. The van der Waals surface area contributed by atoms with Crippen LogP contribution in [0.15, 0.2) is 53.0 Å². The standard InChI is InChI=1S/C19H18BrNO/c20-15-9-7-14(8-10-15)13-21-17-6-2-1-5-16(17)18(22)19(21)11-3-4-12-19/h1-2,5-10H,3-4,11-13H2. The van der Waals surface area contributed by atoms with Crippen LogP contribution >= 0.6 is 15.9 Å². The van der Waals surface area contributed by atoms with Crippen LogP contribution in [0.1, 0.15) is 41.6 Å². The van der Waals surface area contributed by atoms with Gasteiger partial charge in [0.25, 0.3) is 0 Å². The Bertz CT molecular complexity index is 716. The highest BCUT2D eigenvalue weighted by atomic mass is 79.9. The number of Topliss-reactive ketones (excluding diaryl/α,β-unsaturated/α-hetero) is 1. The summed E-state index contributed by atoms with van der Waals surface area (Å²) in [7, 11) is 0. The number of carbonyl (C=O) groups is 1. The third-order valence-electron chi connectivity index (χ3n) is 5.06. The van der Waals surface area contributed by atoms with Crippen molar-refractivity contribution in [2.45, 2.75) is 37.8 Å². The van der Waals surface area contributed by atoms with Crippen molar-refractivity contribution < 1.29 is 4.79 Å². The molecule has 4 rings (SSSR count). The maximum atomic E-state index is 13.0. The van der Waals surface area contributed by atoms with Crippen molar-refractivity contribution in [3.05, 3.63) is 64.1 Å². The number of nitrogens with zero attached hydrogens (tertiary/aromatic N) is 1. The number of carbonyl (C=O) groups excluding carboxylic acids is 1. The zero-order chi connectivity index (χ0) is 15.2. The number of halogens is 1. The van der Waals surface area contributed by atoms with Crippen LogP contribution in [0.3, 0.4) is 0 Å². The Morgan fingerprint density at radius 3 is 2.41 bits per heavy atom. The lowest BCUT2D eigenvalue weighted by atomic mass is 9.90. The molecular formula is C19H18BrNO. The van der Waals surface area contributed by atoms with E-state index >= 15 is 0 Å². The first-order valence-electron chi connectivity index (χ1n) is 7.87. The molecule has 1 spiro atoms. The van der Waals surface area contributed by atoms with Gasteiger partial charge in [-0.2, -0.15) is 0 Å². The van der Waals surface area contributed by atoms with Crippen molar-refractivity contribution in [2.75, 3.05) is 4.90 Å². The second kappa shape index (κ2) is 5.24. The molecule has 0 N–H and O–H groups in total. The van der Waals surface area contributed by atoms with E-state index in [1.165, 1.54) is 5.56 Å². The normalized spacial score (nSPS) is 19.0. The van der Waals surface area contributed by atoms with Crippen LogP contribution < -0.4 is 4.90 Å². The molecule has 0 amide bonds. The van der Waals surface area contributed by atoms with Crippen molar-refractivity contribution in [3.63, 3.8) is 0 Å². The minimum Gasteiger partial charge on any atom is -0.353 e. The first-order chi connectivity index (χ1) is 10.7. The fraction of sp³-hybridized carbons (Fsp3) is 0.316. The Balaban J connectivity index is 1.77. The van der Waals surface area contributed by atoms with Crippen molar-refractivity contribution in [1.82, 2.24) is 0 Å². The molecule has 0 aromatic heterocycles. The molecule has 3 heteroatoms. The Kier molecular flexibility index (Phi) is 3.33. The van der Waals surface area contributed by atoms with Gasteiger partial charge in [0.2, 0.25) is 0 Å². The van der Waals surface area contributed by atoms with Gasteiger partial charge in [-0.1, -0.05) is 53.0 Å². The molecule has 0 bridgehead atoms. The molecule has 2 aromatic rings. The van der Waals surface area contributed by atoms with E-state index in [1.54, 1.807) is 0 Å². The summed E-state index contributed by atoms with van der Waals surface area (Å²) in [6.45, 7) is 0.802. The summed E-state index contributed by atoms with van der Waals surface area (Å²) >= 11 is 3.49. The molecule has 0 atom stereocenters. The van der Waals surface area contributed by atoms with Crippen molar-refractivity contribution in [1.29, 1.82) is 0 Å². The van der Waals surface area contributed by atoms with E-state index in [4.69, 9.17) is 0 Å². The number of fused-ring (bicyclic) bond motifs is 1. The highest BCUT2D eigenvalue weighted by Gasteiger charge is 2.52. The predicted octanol–water partition coefficient (Wildman–Crippen LogP) is 4.96. The van der Waals surface area contributed by atoms with Crippen LogP contribution in [-0.4, -0.2) is 11.3 Å². The molecule has 2 aliphatic rings. The average Bonchev–Trinajstić information content (AvgIpc) is 3.11. The number of ketones is 1. The predicted molar refractivity (Wildman–Crippen MR) is 92.3 cm³/mol. The summed E-state index contributed by atoms with van der Waals surface area (Å²) in [6, 6.07) is 16.5. The van der Waals surface area contributed by atoms with Gasteiger partial charge in [0, 0.05) is 22.3 Å². The van der Waals surface area contributed by atoms with Crippen molar-refractivity contribution in [3.8, 4) is 0 Å². The molecular weight excluding hydrogens is 338 g/mol. The lowest BCUT2D eigenvalue weighted by Crippen LogP contribution is -2.47. The Morgan fingerprint density at radius 2 is 1.68 bits per heavy atom. The number of hydrogen-bond acceptors (Lipinski definition) is 2. The van der Waals surface area contributed by atoms with Gasteiger partial charge >= 0.3 is 0 Å². The van der Waals surface area contributed by atoms with Gasteiger partial charge in [-0.05, 0) is 42.7 Å². The molecule has 0 unspecified atom stereocenters. The lowest BCUT2D eigenvalue weighted by molar-refractivity contribution is 0.0902. The van der Waals surface area contributed by atoms with Gasteiger partial charge in [-0.25, -0.2) is 0 Å². The Morgan fingerprint density at radius 1 is 1.00 bits per heavy atom. The van der Waals surface area contributed by atoms with Gasteiger partial charge in [-0.15, -0.1) is 0 Å². The molecule has 0 radical (unpaired) electrons. The molecule has 2 nitrogen and oxygen atoms in total. The maximum absolute atomic E-state index is 13.0. The number of rotatable bonds is 2. The second-order valence-corrected chi connectivity index (χ2v) is 7.21. The molecule has 1 saturated carbocycles. The van der Waals surface area contributed by atoms with E-state index in [0.29, 0.717) is 5.78 Å².